The third-order valence-corrected chi connectivity index (χ3v) is 1.87. The molecule has 0 unspecified atom stereocenters. The van der Waals surface area contributed by atoms with Crippen molar-refractivity contribution in [3.8, 4) is 0 Å². The molecule has 0 atom stereocenters. The fourth-order valence-electron chi connectivity index (χ4n) is 0.863. The Kier molecular flexibility index (Phi) is 3.59. The molecular formula is C9H9ClFN3. The molecule has 0 amide bonds. The number of nitrogens with one attached hydrogen (secondary N) is 1. The number of halogens is 2. The van der Waals surface area contributed by atoms with Crippen molar-refractivity contribution in [2.24, 2.45) is 10.7 Å². The van der Waals surface area contributed by atoms with Crippen molar-refractivity contribution < 1.29 is 4.39 Å². The molecule has 0 aromatic heterocycles. The van der Waals surface area contributed by atoms with Crippen molar-refractivity contribution in [2.75, 3.05) is 6.54 Å². The average molecular weight is 214 g/mol. The van der Waals surface area contributed by atoms with Crippen molar-refractivity contribution >= 4 is 23.7 Å². The van der Waals surface area contributed by atoms with Gasteiger partial charge in [0.1, 0.15) is 11.7 Å². The normalized spacial score (nSPS) is 10.7. The van der Waals surface area contributed by atoms with Crippen LogP contribution >= 0.6 is 11.6 Å². The molecule has 1 rings (SSSR count). The molecule has 0 saturated carbocycles. The van der Waals surface area contributed by atoms with Crippen LogP contribution in [0.1, 0.15) is 5.56 Å². The summed E-state index contributed by atoms with van der Waals surface area (Å²) in [7, 11) is 0. The minimum Gasteiger partial charge on any atom is -0.386 e. The number of benzene rings is 1. The van der Waals surface area contributed by atoms with E-state index in [0.717, 1.165) is 0 Å². The summed E-state index contributed by atoms with van der Waals surface area (Å²) in [6, 6.07) is 4.44. The van der Waals surface area contributed by atoms with Crippen LogP contribution in [0.5, 0.6) is 0 Å². The lowest BCUT2D eigenvalue weighted by atomic mass is 10.2. The second kappa shape index (κ2) is 4.72. The monoisotopic (exact) mass is 213 g/mol. The van der Waals surface area contributed by atoms with Gasteiger partial charge in [0, 0.05) is 11.8 Å². The summed E-state index contributed by atoms with van der Waals surface area (Å²) in [6.07, 6.45) is 1.40. The van der Waals surface area contributed by atoms with Crippen molar-refractivity contribution in [2.45, 2.75) is 0 Å². The molecule has 14 heavy (non-hydrogen) atoms. The predicted molar refractivity (Wildman–Crippen MR) is 55.8 cm³/mol. The number of nitrogens with two attached hydrogens (primary N) is 1. The van der Waals surface area contributed by atoms with Crippen LogP contribution in [-0.2, 0) is 0 Å². The first-order valence-electron chi connectivity index (χ1n) is 3.88. The maximum atomic E-state index is 12.9. The Morgan fingerprint density at radius 1 is 1.64 bits per heavy atom. The second-order valence-corrected chi connectivity index (χ2v) is 3.02. The minimum atomic E-state index is -0.488. The van der Waals surface area contributed by atoms with Crippen molar-refractivity contribution in [1.82, 2.24) is 0 Å². The summed E-state index contributed by atoms with van der Waals surface area (Å²) in [5, 5.41) is 6.94. The van der Waals surface area contributed by atoms with Gasteiger partial charge in [-0.25, -0.2) is 4.39 Å². The van der Waals surface area contributed by atoms with Crippen LogP contribution in [0.15, 0.2) is 23.2 Å². The molecule has 0 spiro atoms. The van der Waals surface area contributed by atoms with Crippen LogP contribution in [0.3, 0.4) is 0 Å². The van der Waals surface area contributed by atoms with Crippen LogP contribution in [0.25, 0.3) is 0 Å². The van der Waals surface area contributed by atoms with Gasteiger partial charge in [-0.05, 0) is 6.07 Å². The average Bonchev–Trinajstić information content (AvgIpc) is 2.12. The zero-order valence-electron chi connectivity index (χ0n) is 7.30. The van der Waals surface area contributed by atoms with E-state index in [1.165, 1.54) is 18.3 Å². The highest BCUT2D eigenvalue weighted by Gasteiger charge is 2.02. The van der Waals surface area contributed by atoms with Crippen LogP contribution in [-0.4, -0.2) is 18.6 Å². The SMILES string of the molecule is N=C(N)CN=Cc1cccc(F)c1Cl. The molecule has 0 bridgehead atoms. The summed E-state index contributed by atoms with van der Waals surface area (Å²) < 4.78 is 12.9. The molecule has 1 aromatic rings. The van der Waals surface area contributed by atoms with Gasteiger partial charge < -0.3 is 5.73 Å². The summed E-state index contributed by atoms with van der Waals surface area (Å²) in [5.74, 6) is -0.535. The highest BCUT2D eigenvalue weighted by molar-refractivity contribution is 6.33. The van der Waals surface area contributed by atoms with E-state index in [-0.39, 0.29) is 17.4 Å². The van der Waals surface area contributed by atoms with E-state index in [2.05, 4.69) is 4.99 Å². The quantitative estimate of drug-likeness (QED) is 0.584. The Hall–Kier alpha value is -1.42. The number of rotatable bonds is 3. The van der Waals surface area contributed by atoms with Crippen LogP contribution < -0.4 is 5.73 Å². The highest BCUT2D eigenvalue weighted by Crippen LogP contribution is 2.17. The zero-order chi connectivity index (χ0) is 10.6. The van der Waals surface area contributed by atoms with Crippen LogP contribution in [0.4, 0.5) is 4.39 Å². The Balaban J connectivity index is 2.81. The third-order valence-electron chi connectivity index (χ3n) is 1.47. The van der Waals surface area contributed by atoms with Crippen molar-refractivity contribution in [3.05, 3.63) is 34.6 Å². The van der Waals surface area contributed by atoms with Gasteiger partial charge in [-0.2, -0.15) is 0 Å². The summed E-state index contributed by atoms with van der Waals surface area (Å²) >= 11 is 5.66. The predicted octanol–water partition coefficient (Wildman–Crippen LogP) is 1.83. The van der Waals surface area contributed by atoms with E-state index in [9.17, 15) is 4.39 Å². The molecule has 0 heterocycles. The maximum Gasteiger partial charge on any atom is 0.142 e. The lowest BCUT2D eigenvalue weighted by Crippen LogP contribution is -2.13. The van der Waals surface area contributed by atoms with E-state index in [0.29, 0.717) is 5.56 Å². The van der Waals surface area contributed by atoms with E-state index in [4.69, 9.17) is 22.7 Å². The Labute approximate surface area is 85.9 Å². The van der Waals surface area contributed by atoms with E-state index < -0.39 is 5.82 Å². The van der Waals surface area contributed by atoms with Gasteiger partial charge in [0.2, 0.25) is 0 Å². The molecule has 1 aromatic carbocycles. The van der Waals surface area contributed by atoms with Gasteiger partial charge in [0.25, 0.3) is 0 Å². The Morgan fingerprint density at radius 2 is 2.36 bits per heavy atom. The summed E-state index contributed by atoms with van der Waals surface area (Å²) in [6.45, 7) is 0.0901. The molecule has 0 aliphatic rings. The first kappa shape index (κ1) is 10.7. The fraction of sp³-hybridized carbons (Fsp3) is 0.111. The lowest BCUT2D eigenvalue weighted by molar-refractivity contribution is 0.628. The number of aliphatic imine (C=N–C) groups is 1. The van der Waals surface area contributed by atoms with Gasteiger partial charge >= 0.3 is 0 Å². The van der Waals surface area contributed by atoms with E-state index in [1.54, 1.807) is 6.07 Å². The molecule has 0 aliphatic carbocycles. The topological polar surface area (TPSA) is 62.2 Å². The molecule has 0 radical (unpaired) electrons. The smallest absolute Gasteiger partial charge is 0.142 e. The van der Waals surface area contributed by atoms with E-state index >= 15 is 0 Å². The lowest BCUT2D eigenvalue weighted by Gasteiger charge is -1.98. The first-order chi connectivity index (χ1) is 6.61. The molecular weight excluding hydrogens is 205 g/mol. The highest BCUT2D eigenvalue weighted by atomic mass is 35.5. The van der Waals surface area contributed by atoms with Gasteiger partial charge in [-0.1, -0.05) is 23.7 Å². The molecule has 3 nitrogen and oxygen atoms in total. The maximum absolute atomic E-state index is 12.9. The van der Waals surface area contributed by atoms with Crippen molar-refractivity contribution in [1.29, 1.82) is 5.41 Å². The Bertz CT molecular complexity index is 376. The summed E-state index contributed by atoms with van der Waals surface area (Å²) in [5.41, 5.74) is 5.57. The molecule has 0 aliphatic heterocycles. The van der Waals surface area contributed by atoms with Crippen molar-refractivity contribution in [3.63, 3.8) is 0 Å². The summed E-state index contributed by atoms with van der Waals surface area (Å²) in [4.78, 5) is 3.82. The Morgan fingerprint density at radius 3 is 3.00 bits per heavy atom. The first-order valence-corrected chi connectivity index (χ1v) is 4.26. The molecule has 5 heteroatoms. The minimum absolute atomic E-state index is 0.0276. The number of nitrogens with zero attached hydrogens (tertiary/aromatic N) is 1. The molecule has 0 saturated heterocycles. The number of hydrogen-bond donors (Lipinski definition) is 2. The standard InChI is InChI=1S/C9H9ClFN3/c10-9-6(2-1-3-7(9)11)4-14-5-8(12)13/h1-4H,5H2,(H3,12,13). The molecule has 74 valence electrons. The molecule has 3 N–H and O–H groups in total. The third kappa shape index (κ3) is 2.81. The largest absolute Gasteiger partial charge is 0.386 e. The van der Waals surface area contributed by atoms with Gasteiger partial charge in [-0.15, -0.1) is 0 Å². The number of amidine groups is 1. The number of hydrogen-bond acceptors (Lipinski definition) is 2. The van der Waals surface area contributed by atoms with Gasteiger partial charge in [-0.3, -0.25) is 10.4 Å². The van der Waals surface area contributed by atoms with Crippen LogP contribution in [0.2, 0.25) is 5.02 Å². The van der Waals surface area contributed by atoms with Gasteiger partial charge in [0.15, 0.2) is 0 Å². The fourth-order valence-corrected chi connectivity index (χ4v) is 1.04. The van der Waals surface area contributed by atoms with Crippen LogP contribution in [0, 0.1) is 11.2 Å². The van der Waals surface area contributed by atoms with Gasteiger partial charge in [0.05, 0.1) is 11.6 Å². The zero-order valence-corrected chi connectivity index (χ0v) is 8.05. The second-order valence-electron chi connectivity index (χ2n) is 2.64. The molecule has 0 fully saturated rings. The van der Waals surface area contributed by atoms with E-state index in [1.807, 2.05) is 0 Å².